The van der Waals surface area contributed by atoms with E-state index in [9.17, 15) is 24.0 Å². The Hall–Kier alpha value is -3.51. The van der Waals surface area contributed by atoms with Crippen LogP contribution in [0, 0.1) is 0 Å². The first-order chi connectivity index (χ1) is 20.1. The Kier molecular flexibility index (Phi) is 12.3. The first-order valence-electron chi connectivity index (χ1n) is 15.1. The van der Waals surface area contributed by atoms with Crippen molar-refractivity contribution in [3.63, 3.8) is 0 Å². The number of carbonyl (C=O) groups is 5. The summed E-state index contributed by atoms with van der Waals surface area (Å²) in [4.78, 5) is 64.3. The molecule has 2 aliphatic rings. The zero-order chi connectivity index (χ0) is 30.6. The Balaban J connectivity index is 1.78. The van der Waals surface area contributed by atoms with E-state index in [-0.39, 0.29) is 44.3 Å². The summed E-state index contributed by atoms with van der Waals surface area (Å²) in [6.07, 6.45) is 5.76. The van der Waals surface area contributed by atoms with Crippen molar-refractivity contribution in [3.05, 3.63) is 35.9 Å². The van der Waals surface area contributed by atoms with Gasteiger partial charge in [0.25, 0.3) is 0 Å². The van der Waals surface area contributed by atoms with Gasteiger partial charge in [0, 0.05) is 13.0 Å². The summed E-state index contributed by atoms with van der Waals surface area (Å²) in [6.45, 7) is 1.55. The summed E-state index contributed by atoms with van der Waals surface area (Å²) in [7, 11) is 1.65. The van der Waals surface area contributed by atoms with E-state index in [0.29, 0.717) is 32.1 Å². The van der Waals surface area contributed by atoms with Crippen LogP contribution in [0.15, 0.2) is 30.3 Å². The van der Waals surface area contributed by atoms with E-state index in [0.717, 1.165) is 19.3 Å². The molecule has 1 aliphatic carbocycles. The number of carbonyl (C=O) groups excluding carboxylic acids is 5. The quantitative estimate of drug-likeness (QED) is 0.192. The number of hydrogen-bond acceptors (Lipinski definition) is 7. The average Bonchev–Trinajstić information content (AvgIpc) is 2.99. The lowest BCUT2D eigenvalue weighted by Crippen LogP contribution is -2.66. The average molecular weight is 586 g/mol. The number of likely N-dealkylation sites (N-methyl/N-ethyl adjacent to an activating group) is 1. The van der Waals surface area contributed by atoms with E-state index < -0.39 is 40.9 Å². The smallest absolute Gasteiger partial charge is 0.246 e. The third kappa shape index (κ3) is 9.25. The minimum atomic E-state index is -1.15. The first-order valence-corrected chi connectivity index (χ1v) is 15.1. The van der Waals surface area contributed by atoms with Gasteiger partial charge in [0.2, 0.25) is 29.5 Å². The molecule has 0 radical (unpaired) electrons. The Labute approximate surface area is 248 Å². The van der Waals surface area contributed by atoms with Crippen LogP contribution in [0.2, 0.25) is 0 Å². The van der Waals surface area contributed by atoms with Crippen LogP contribution in [-0.2, 0) is 24.0 Å². The summed E-state index contributed by atoms with van der Waals surface area (Å²) in [5.41, 5.74) is 4.57. The molecule has 1 heterocycles. The van der Waals surface area contributed by atoms with E-state index in [1.807, 2.05) is 18.2 Å². The molecule has 3 rings (SSSR count). The second kappa shape index (κ2) is 15.6. The second-order valence-electron chi connectivity index (χ2n) is 11.5. The maximum absolute atomic E-state index is 13.4. The monoisotopic (exact) mass is 585 g/mol. The van der Waals surface area contributed by atoms with E-state index in [1.165, 1.54) is 5.56 Å². The Bertz CT molecular complexity index is 1090. The lowest BCUT2D eigenvalue weighted by Gasteiger charge is -2.40. The Morgan fingerprint density at radius 3 is 2.29 bits per heavy atom. The van der Waals surface area contributed by atoms with Crippen molar-refractivity contribution in [2.24, 2.45) is 5.73 Å². The molecule has 1 aromatic rings. The SMILES string of the molecule is CCCCCC(NCC1(NC)CCC(=O)NC2(CCC(c3ccccc3)CC2)C(=O)NCC(=O)NCC(=O)N1)C(N)=O. The third-order valence-electron chi connectivity index (χ3n) is 8.51. The molecule has 2 atom stereocenters. The highest BCUT2D eigenvalue weighted by Gasteiger charge is 2.44. The summed E-state index contributed by atoms with van der Waals surface area (Å²) in [5, 5.41) is 17.4. The Morgan fingerprint density at radius 1 is 0.952 bits per heavy atom. The van der Waals surface area contributed by atoms with Crippen molar-refractivity contribution in [3.8, 4) is 0 Å². The van der Waals surface area contributed by atoms with E-state index >= 15 is 0 Å². The number of hydrogen-bond donors (Lipinski definition) is 7. The molecular weight excluding hydrogens is 538 g/mol. The van der Waals surface area contributed by atoms with Crippen molar-refractivity contribution in [2.75, 3.05) is 26.7 Å². The number of amides is 5. The number of primary amides is 1. The van der Waals surface area contributed by atoms with Crippen LogP contribution in [0.4, 0.5) is 0 Å². The number of benzene rings is 1. The van der Waals surface area contributed by atoms with Crippen LogP contribution >= 0.6 is 0 Å². The maximum atomic E-state index is 13.4. The topological polar surface area (TPSA) is 184 Å². The molecule has 1 aromatic carbocycles. The molecule has 1 aliphatic heterocycles. The molecule has 1 spiro atoms. The van der Waals surface area contributed by atoms with Gasteiger partial charge in [0.05, 0.1) is 19.1 Å². The number of rotatable bonds is 10. The summed E-state index contributed by atoms with van der Waals surface area (Å²) in [6, 6.07) is 9.50. The lowest BCUT2D eigenvalue weighted by atomic mass is 9.73. The van der Waals surface area contributed by atoms with Gasteiger partial charge in [-0.05, 0) is 57.1 Å². The fourth-order valence-electron chi connectivity index (χ4n) is 5.83. The molecule has 42 heavy (non-hydrogen) atoms. The number of nitrogens with one attached hydrogen (secondary N) is 6. The highest BCUT2D eigenvalue weighted by Crippen LogP contribution is 2.38. The lowest BCUT2D eigenvalue weighted by molar-refractivity contribution is -0.137. The van der Waals surface area contributed by atoms with Gasteiger partial charge in [-0.15, -0.1) is 0 Å². The summed E-state index contributed by atoms with van der Waals surface area (Å²) < 4.78 is 0. The predicted molar refractivity (Wildman–Crippen MR) is 159 cm³/mol. The van der Waals surface area contributed by atoms with Gasteiger partial charge in [-0.2, -0.15) is 0 Å². The molecule has 5 amide bonds. The van der Waals surface area contributed by atoms with Crippen molar-refractivity contribution in [1.82, 2.24) is 31.9 Å². The molecule has 2 unspecified atom stereocenters. The van der Waals surface area contributed by atoms with Crippen LogP contribution in [0.1, 0.15) is 82.6 Å². The summed E-state index contributed by atoms with van der Waals surface area (Å²) >= 11 is 0. The van der Waals surface area contributed by atoms with Crippen molar-refractivity contribution in [1.29, 1.82) is 0 Å². The fraction of sp³-hybridized carbons (Fsp3) is 0.633. The third-order valence-corrected chi connectivity index (χ3v) is 8.51. The molecular formula is C30H47N7O5. The van der Waals surface area contributed by atoms with E-state index in [1.54, 1.807) is 7.05 Å². The molecule has 12 nitrogen and oxygen atoms in total. The largest absolute Gasteiger partial charge is 0.368 e. The standard InChI is InChI=1S/C30H47N7O5/c1-3-4-6-11-23(27(31)41)35-20-30(32-2)17-14-24(38)36-29(28(42)34-18-25(39)33-19-26(40)37-30)15-12-22(13-16-29)21-9-7-5-8-10-21/h5,7-10,22-23,32,35H,3-4,6,11-20H2,1-2H3,(H2,31,41)(H,33,39)(H,34,42)(H,36,38)(H,37,40). The predicted octanol–water partition coefficient (Wildman–Crippen LogP) is 0.281. The second-order valence-corrected chi connectivity index (χ2v) is 11.5. The van der Waals surface area contributed by atoms with Crippen LogP contribution in [0.5, 0.6) is 0 Å². The number of unbranched alkanes of at least 4 members (excludes halogenated alkanes) is 2. The fourth-order valence-corrected chi connectivity index (χ4v) is 5.83. The van der Waals surface area contributed by atoms with Crippen LogP contribution < -0.4 is 37.6 Å². The van der Waals surface area contributed by atoms with E-state index in [4.69, 9.17) is 5.73 Å². The molecule has 0 bridgehead atoms. The molecule has 1 saturated carbocycles. The molecule has 232 valence electrons. The van der Waals surface area contributed by atoms with E-state index in [2.05, 4.69) is 51.0 Å². The van der Waals surface area contributed by atoms with Crippen molar-refractivity contribution in [2.45, 2.75) is 94.3 Å². The van der Waals surface area contributed by atoms with Crippen LogP contribution in [0.25, 0.3) is 0 Å². The molecule has 8 N–H and O–H groups in total. The normalized spacial score (nSPS) is 26.8. The van der Waals surface area contributed by atoms with Crippen LogP contribution in [0.3, 0.4) is 0 Å². The Morgan fingerprint density at radius 2 is 1.64 bits per heavy atom. The van der Waals surface area contributed by atoms with Crippen molar-refractivity contribution < 1.29 is 24.0 Å². The highest BCUT2D eigenvalue weighted by molar-refractivity contribution is 5.94. The van der Waals surface area contributed by atoms with Crippen molar-refractivity contribution >= 4 is 29.5 Å². The summed E-state index contributed by atoms with van der Waals surface area (Å²) in [5.74, 6) is -1.97. The molecule has 12 heteroatoms. The van der Waals surface area contributed by atoms with Gasteiger partial charge in [0.15, 0.2) is 0 Å². The first kappa shape index (κ1) is 33.0. The maximum Gasteiger partial charge on any atom is 0.246 e. The zero-order valence-electron chi connectivity index (χ0n) is 24.9. The zero-order valence-corrected chi connectivity index (χ0v) is 24.9. The number of nitrogens with two attached hydrogens (primary N) is 1. The van der Waals surface area contributed by atoms with Gasteiger partial charge in [-0.25, -0.2) is 0 Å². The minimum Gasteiger partial charge on any atom is -0.368 e. The van der Waals surface area contributed by atoms with Crippen LogP contribution in [-0.4, -0.2) is 73.5 Å². The van der Waals surface area contributed by atoms with Gasteiger partial charge < -0.3 is 32.3 Å². The molecule has 1 saturated heterocycles. The minimum absolute atomic E-state index is 0.00335. The van der Waals surface area contributed by atoms with Gasteiger partial charge in [-0.1, -0.05) is 56.5 Å². The van der Waals surface area contributed by atoms with Gasteiger partial charge >= 0.3 is 0 Å². The molecule has 0 aromatic heterocycles. The van der Waals surface area contributed by atoms with Gasteiger partial charge in [-0.3, -0.25) is 29.3 Å². The molecule has 2 fully saturated rings. The van der Waals surface area contributed by atoms with Gasteiger partial charge in [0.1, 0.15) is 11.2 Å². The highest BCUT2D eigenvalue weighted by atomic mass is 16.2.